The number of nitrogens with zero attached hydrogens (tertiary/aromatic N) is 1. The molecule has 1 aromatic carbocycles. The summed E-state index contributed by atoms with van der Waals surface area (Å²) in [5.41, 5.74) is 2.54. The van der Waals surface area contributed by atoms with Crippen LogP contribution in [0.3, 0.4) is 0 Å². The van der Waals surface area contributed by atoms with Gasteiger partial charge in [-0.1, -0.05) is 34.6 Å². The molecule has 0 N–H and O–H groups in total. The lowest BCUT2D eigenvalue weighted by atomic mass is 10.0. The number of halogens is 1. The Balaban J connectivity index is 2.33. The number of hydrogen-bond acceptors (Lipinski definition) is 3. The van der Waals surface area contributed by atoms with Crippen LogP contribution >= 0.6 is 39.5 Å². The molecule has 86 valence electrons. The molecule has 17 heavy (non-hydrogen) atoms. The van der Waals surface area contributed by atoms with E-state index < -0.39 is 0 Å². The van der Waals surface area contributed by atoms with Gasteiger partial charge >= 0.3 is 0 Å². The Morgan fingerprint density at radius 3 is 2.35 bits per heavy atom. The van der Waals surface area contributed by atoms with Crippen molar-refractivity contribution in [2.75, 3.05) is 11.5 Å². The van der Waals surface area contributed by atoms with Gasteiger partial charge in [-0.05, 0) is 23.3 Å². The first-order chi connectivity index (χ1) is 8.22. The van der Waals surface area contributed by atoms with E-state index in [2.05, 4.69) is 28.6 Å². The van der Waals surface area contributed by atoms with Gasteiger partial charge in [-0.25, -0.2) is 0 Å². The minimum Gasteiger partial charge on any atom is -0.192 e. The van der Waals surface area contributed by atoms with E-state index in [0.717, 1.165) is 36.9 Å². The van der Waals surface area contributed by atoms with E-state index in [9.17, 15) is 5.26 Å². The van der Waals surface area contributed by atoms with Gasteiger partial charge in [0.1, 0.15) is 6.07 Å². The second kappa shape index (κ2) is 5.81. The second-order valence-electron chi connectivity index (χ2n) is 3.46. The molecule has 1 fully saturated rings. The molecule has 0 atom stereocenters. The summed E-state index contributed by atoms with van der Waals surface area (Å²) >= 11 is 6.90. The minimum absolute atomic E-state index is 0.722. The number of nitriles is 1. The van der Waals surface area contributed by atoms with Crippen LogP contribution < -0.4 is 0 Å². The molecule has 0 aromatic heterocycles. The Bertz CT molecular complexity index is 503. The van der Waals surface area contributed by atoms with E-state index in [1.54, 1.807) is 23.5 Å². The summed E-state index contributed by atoms with van der Waals surface area (Å²) in [4.78, 5) is 0. The van der Waals surface area contributed by atoms with Gasteiger partial charge in [0.2, 0.25) is 0 Å². The van der Waals surface area contributed by atoms with E-state index in [1.807, 2.05) is 24.3 Å². The number of hydrogen-bond donors (Lipinski definition) is 0. The highest BCUT2D eigenvalue weighted by Gasteiger charge is 2.17. The third-order valence-electron chi connectivity index (χ3n) is 2.36. The van der Waals surface area contributed by atoms with Gasteiger partial charge in [0.25, 0.3) is 0 Å². The highest BCUT2D eigenvalue weighted by molar-refractivity contribution is 9.10. The Labute approximate surface area is 118 Å². The number of rotatable bonds is 2. The summed E-state index contributed by atoms with van der Waals surface area (Å²) in [6.45, 7) is 4.05. The van der Waals surface area contributed by atoms with E-state index in [1.165, 1.54) is 0 Å². The molecule has 0 bridgehead atoms. The highest BCUT2D eigenvalue weighted by atomic mass is 79.9. The molecule has 0 aliphatic carbocycles. The van der Waals surface area contributed by atoms with Crippen LogP contribution in [0.25, 0.3) is 5.57 Å². The van der Waals surface area contributed by atoms with Gasteiger partial charge in [0.05, 0.1) is 9.81 Å². The third-order valence-corrected chi connectivity index (χ3v) is 5.60. The maximum absolute atomic E-state index is 9.27. The minimum atomic E-state index is 0.722. The van der Waals surface area contributed by atoms with E-state index >= 15 is 0 Å². The van der Waals surface area contributed by atoms with E-state index in [-0.39, 0.29) is 0 Å². The summed E-state index contributed by atoms with van der Waals surface area (Å²) in [5.74, 6) is 2.16. The summed E-state index contributed by atoms with van der Waals surface area (Å²) in [5, 5.41) is 9.27. The van der Waals surface area contributed by atoms with Gasteiger partial charge in [-0.2, -0.15) is 5.26 Å². The molecular weight excluding hydrogens is 314 g/mol. The largest absolute Gasteiger partial charge is 0.192 e. The van der Waals surface area contributed by atoms with Crippen molar-refractivity contribution in [3.63, 3.8) is 0 Å². The van der Waals surface area contributed by atoms with Gasteiger partial charge < -0.3 is 0 Å². The molecule has 0 radical (unpaired) electrons. The number of benzene rings is 1. The summed E-state index contributed by atoms with van der Waals surface area (Å²) < 4.78 is 2.14. The lowest BCUT2D eigenvalue weighted by Crippen LogP contribution is -1.88. The predicted molar refractivity (Wildman–Crippen MR) is 80.7 cm³/mol. The zero-order valence-corrected chi connectivity index (χ0v) is 12.3. The first-order valence-electron chi connectivity index (χ1n) is 5.07. The fraction of sp³-hybridized carbons (Fsp3) is 0.154. The molecule has 1 nitrogen and oxygen atoms in total. The summed E-state index contributed by atoms with van der Waals surface area (Å²) in [6.07, 6.45) is 0. The van der Waals surface area contributed by atoms with E-state index in [0.29, 0.717) is 0 Å². The first kappa shape index (κ1) is 12.8. The normalized spacial score (nSPS) is 14.5. The lowest BCUT2D eigenvalue weighted by molar-refractivity contribution is 1.49. The fourth-order valence-corrected chi connectivity index (χ4v) is 4.25. The van der Waals surface area contributed by atoms with Crippen molar-refractivity contribution in [3.05, 3.63) is 50.7 Å². The monoisotopic (exact) mass is 323 g/mol. The van der Waals surface area contributed by atoms with Gasteiger partial charge in [0, 0.05) is 16.0 Å². The van der Waals surface area contributed by atoms with Crippen molar-refractivity contribution < 1.29 is 0 Å². The smallest absolute Gasteiger partial charge is 0.101 e. The van der Waals surface area contributed by atoms with Crippen molar-refractivity contribution in [1.29, 1.82) is 5.26 Å². The molecule has 1 aliphatic rings. The fourth-order valence-electron chi connectivity index (χ4n) is 1.49. The van der Waals surface area contributed by atoms with Crippen LogP contribution in [-0.2, 0) is 0 Å². The maximum Gasteiger partial charge on any atom is 0.101 e. The summed E-state index contributed by atoms with van der Waals surface area (Å²) in [6, 6.07) is 10.2. The average Bonchev–Trinajstić information content (AvgIpc) is 2.84. The molecule has 0 saturated carbocycles. The molecule has 4 heteroatoms. The van der Waals surface area contributed by atoms with Crippen LogP contribution in [0.15, 0.2) is 45.1 Å². The standard InChI is InChI=1S/C13H10BrNS2/c1-9(10-2-4-11(14)5-3-10)12(8-15)13-16-6-7-17-13/h2-5H,1,6-7H2. The van der Waals surface area contributed by atoms with Crippen LogP contribution in [0, 0.1) is 11.3 Å². The average molecular weight is 324 g/mol. The molecule has 1 heterocycles. The first-order valence-corrected chi connectivity index (χ1v) is 7.84. The zero-order valence-electron chi connectivity index (χ0n) is 9.07. The van der Waals surface area contributed by atoms with Crippen LogP contribution in [0.1, 0.15) is 5.56 Å². The molecule has 1 aliphatic heterocycles. The van der Waals surface area contributed by atoms with Crippen LogP contribution in [0.2, 0.25) is 0 Å². The Hall–Kier alpha value is -0.630. The molecule has 1 aromatic rings. The molecule has 2 rings (SSSR count). The number of thioether (sulfide) groups is 2. The van der Waals surface area contributed by atoms with Crippen molar-refractivity contribution in [1.82, 2.24) is 0 Å². The van der Waals surface area contributed by atoms with Gasteiger partial charge in [0.15, 0.2) is 0 Å². The Morgan fingerprint density at radius 1 is 1.24 bits per heavy atom. The number of allylic oxidation sites excluding steroid dienone is 2. The quantitative estimate of drug-likeness (QED) is 0.738. The van der Waals surface area contributed by atoms with Crippen LogP contribution in [0.5, 0.6) is 0 Å². The second-order valence-corrected chi connectivity index (χ2v) is 6.84. The van der Waals surface area contributed by atoms with Gasteiger partial charge in [-0.3, -0.25) is 0 Å². The van der Waals surface area contributed by atoms with Gasteiger partial charge in [-0.15, -0.1) is 23.5 Å². The van der Waals surface area contributed by atoms with Crippen LogP contribution in [0.4, 0.5) is 0 Å². The highest BCUT2D eigenvalue weighted by Crippen LogP contribution is 2.41. The van der Waals surface area contributed by atoms with E-state index in [4.69, 9.17) is 0 Å². The molecular formula is C13H10BrNS2. The zero-order chi connectivity index (χ0) is 12.3. The van der Waals surface area contributed by atoms with Crippen molar-refractivity contribution in [3.8, 4) is 6.07 Å². The van der Waals surface area contributed by atoms with Crippen molar-refractivity contribution in [2.24, 2.45) is 0 Å². The molecule has 0 unspecified atom stereocenters. The molecule has 1 saturated heterocycles. The van der Waals surface area contributed by atoms with Crippen molar-refractivity contribution in [2.45, 2.75) is 0 Å². The Kier molecular flexibility index (Phi) is 4.38. The Morgan fingerprint density at radius 2 is 1.82 bits per heavy atom. The summed E-state index contributed by atoms with van der Waals surface area (Å²) in [7, 11) is 0. The predicted octanol–water partition coefficient (Wildman–Crippen LogP) is 4.68. The molecule has 0 amide bonds. The molecule has 0 spiro atoms. The van der Waals surface area contributed by atoms with Crippen molar-refractivity contribution >= 4 is 45.0 Å². The topological polar surface area (TPSA) is 23.8 Å². The third kappa shape index (κ3) is 2.98. The SMILES string of the molecule is C=C(C(C#N)=C1SCCS1)c1ccc(Br)cc1. The van der Waals surface area contributed by atoms with Crippen LogP contribution in [-0.4, -0.2) is 11.5 Å². The lowest BCUT2D eigenvalue weighted by Gasteiger charge is -2.07. The maximum atomic E-state index is 9.27.